The lowest BCUT2D eigenvalue weighted by Gasteiger charge is -2.40. The molecule has 0 aromatic heterocycles. The average molecular weight is 269 g/mol. The zero-order chi connectivity index (χ0) is 12.6. The molecule has 3 nitrogen and oxygen atoms in total. The molecule has 0 radical (unpaired) electrons. The standard InChI is InChI=1S/C14H17ClO3/c15-12-3-1-2-11(10-12)13(16)4-6-14(7-5-13)17-8-9-18-14/h1-3,10,16H,4-9H2. The molecule has 98 valence electrons. The van der Waals surface area contributed by atoms with Crippen LogP contribution in [0.5, 0.6) is 0 Å². The third-order valence-electron chi connectivity index (χ3n) is 4.01. The van der Waals surface area contributed by atoms with Crippen molar-refractivity contribution >= 4 is 11.6 Å². The fraction of sp³-hybridized carbons (Fsp3) is 0.571. The smallest absolute Gasteiger partial charge is 0.168 e. The topological polar surface area (TPSA) is 38.7 Å². The van der Waals surface area contributed by atoms with Crippen LogP contribution in [0.2, 0.25) is 5.02 Å². The molecule has 0 unspecified atom stereocenters. The van der Waals surface area contributed by atoms with Crippen LogP contribution in [-0.4, -0.2) is 24.1 Å². The van der Waals surface area contributed by atoms with Crippen molar-refractivity contribution in [3.8, 4) is 0 Å². The molecular weight excluding hydrogens is 252 g/mol. The molecule has 0 bridgehead atoms. The summed E-state index contributed by atoms with van der Waals surface area (Å²) in [6.45, 7) is 1.32. The minimum Gasteiger partial charge on any atom is -0.385 e. The molecule has 1 aliphatic carbocycles. The van der Waals surface area contributed by atoms with E-state index in [4.69, 9.17) is 21.1 Å². The van der Waals surface area contributed by atoms with Gasteiger partial charge < -0.3 is 14.6 Å². The minimum absolute atomic E-state index is 0.440. The Labute approximate surface area is 112 Å². The van der Waals surface area contributed by atoms with E-state index >= 15 is 0 Å². The second-order valence-corrected chi connectivity index (χ2v) is 5.59. The van der Waals surface area contributed by atoms with Crippen molar-refractivity contribution in [2.75, 3.05) is 13.2 Å². The maximum atomic E-state index is 10.7. The first-order chi connectivity index (χ1) is 8.62. The van der Waals surface area contributed by atoms with Crippen molar-refractivity contribution in [1.29, 1.82) is 0 Å². The van der Waals surface area contributed by atoms with Crippen molar-refractivity contribution in [2.45, 2.75) is 37.1 Å². The van der Waals surface area contributed by atoms with Gasteiger partial charge in [0.25, 0.3) is 0 Å². The molecule has 1 aromatic rings. The summed E-state index contributed by atoms with van der Waals surface area (Å²) in [5.74, 6) is -0.440. The van der Waals surface area contributed by atoms with Crippen LogP contribution in [0.15, 0.2) is 24.3 Å². The van der Waals surface area contributed by atoms with E-state index < -0.39 is 11.4 Å². The normalized spacial score (nSPS) is 25.4. The lowest BCUT2D eigenvalue weighted by Crippen LogP contribution is -2.42. The van der Waals surface area contributed by atoms with Gasteiger partial charge in [0.05, 0.1) is 18.8 Å². The number of halogens is 1. The number of ether oxygens (including phenoxy) is 2. The van der Waals surface area contributed by atoms with Crippen LogP contribution in [0.3, 0.4) is 0 Å². The Morgan fingerprint density at radius 2 is 1.72 bits per heavy atom. The van der Waals surface area contributed by atoms with Gasteiger partial charge in [0.2, 0.25) is 0 Å². The highest BCUT2D eigenvalue weighted by Crippen LogP contribution is 2.45. The van der Waals surface area contributed by atoms with E-state index in [0.29, 0.717) is 31.1 Å². The van der Waals surface area contributed by atoms with Gasteiger partial charge >= 0.3 is 0 Å². The Morgan fingerprint density at radius 3 is 2.33 bits per heavy atom. The zero-order valence-corrected chi connectivity index (χ0v) is 10.9. The Balaban J connectivity index is 1.78. The van der Waals surface area contributed by atoms with Crippen LogP contribution in [-0.2, 0) is 15.1 Å². The van der Waals surface area contributed by atoms with E-state index in [1.54, 1.807) is 0 Å². The predicted octanol–water partition coefficient (Wildman–Crippen LogP) is 2.84. The van der Waals surface area contributed by atoms with Gasteiger partial charge in [0.1, 0.15) is 0 Å². The SMILES string of the molecule is OC1(c2cccc(Cl)c2)CCC2(CC1)OCCO2. The molecule has 2 aliphatic rings. The van der Waals surface area contributed by atoms with Gasteiger partial charge in [-0.2, -0.15) is 0 Å². The molecule has 18 heavy (non-hydrogen) atoms. The Hall–Kier alpha value is -0.610. The summed E-state index contributed by atoms with van der Waals surface area (Å²) in [4.78, 5) is 0. The first kappa shape index (κ1) is 12.4. The van der Waals surface area contributed by atoms with Crippen LogP contribution in [0, 0.1) is 0 Å². The largest absolute Gasteiger partial charge is 0.385 e. The van der Waals surface area contributed by atoms with E-state index in [-0.39, 0.29) is 0 Å². The van der Waals surface area contributed by atoms with Crippen LogP contribution in [0.25, 0.3) is 0 Å². The highest BCUT2D eigenvalue weighted by atomic mass is 35.5. The number of hydrogen-bond acceptors (Lipinski definition) is 3. The van der Waals surface area contributed by atoms with Crippen molar-refractivity contribution in [1.82, 2.24) is 0 Å². The first-order valence-corrected chi connectivity index (χ1v) is 6.76. The Kier molecular flexibility index (Phi) is 3.10. The quantitative estimate of drug-likeness (QED) is 0.851. The van der Waals surface area contributed by atoms with Crippen LogP contribution < -0.4 is 0 Å². The van der Waals surface area contributed by atoms with E-state index in [2.05, 4.69) is 0 Å². The van der Waals surface area contributed by atoms with Crippen molar-refractivity contribution in [3.63, 3.8) is 0 Å². The molecular formula is C14H17ClO3. The molecule has 1 saturated carbocycles. The summed E-state index contributed by atoms with van der Waals surface area (Å²) in [7, 11) is 0. The molecule has 0 atom stereocenters. The summed E-state index contributed by atoms with van der Waals surface area (Å²) in [6.07, 6.45) is 2.76. The van der Waals surface area contributed by atoms with E-state index in [9.17, 15) is 5.11 Å². The lowest BCUT2D eigenvalue weighted by atomic mass is 9.77. The molecule has 4 heteroatoms. The predicted molar refractivity (Wildman–Crippen MR) is 68.5 cm³/mol. The molecule has 2 fully saturated rings. The molecule has 1 heterocycles. The Bertz CT molecular complexity index is 430. The molecule has 1 aromatic carbocycles. The van der Waals surface area contributed by atoms with Gasteiger partial charge in [-0.3, -0.25) is 0 Å². The van der Waals surface area contributed by atoms with Gasteiger partial charge in [-0.15, -0.1) is 0 Å². The van der Waals surface area contributed by atoms with E-state index in [0.717, 1.165) is 18.4 Å². The maximum absolute atomic E-state index is 10.7. The number of benzene rings is 1. The Morgan fingerprint density at radius 1 is 1.06 bits per heavy atom. The number of hydrogen-bond donors (Lipinski definition) is 1. The fourth-order valence-corrected chi connectivity index (χ4v) is 3.09. The molecule has 1 N–H and O–H groups in total. The van der Waals surface area contributed by atoms with Gasteiger partial charge in [0.15, 0.2) is 5.79 Å². The van der Waals surface area contributed by atoms with Crippen molar-refractivity contribution in [3.05, 3.63) is 34.9 Å². The summed E-state index contributed by atoms with van der Waals surface area (Å²) >= 11 is 5.99. The molecule has 1 saturated heterocycles. The summed E-state index contributed by atoms with van der Waals surface area (Å²) in [5.41, 5.74) is 0.0914. The minimum atomic E-state index is -0.800. The van der Waals surface area contributed by atoms with E-state index in [1.807, 2.05) is 24.3 Å². The second-order valence-electron chi connectivity index (χ2n) is 5.15. The average Bonchev–Trinajstić information content (AvgIpc) is 2.83. The van der Waals surface area contributed by atoms with Crippen LogP contribution >= 0.6 is 11.6 Å². The molecule has 0 amide bonds. The summed E-state index contributed by atoms with van der Waals surface area (Å²) < 4.78 is 11.3. The van der Waals surface area contributed by atoms with Gasteiger partial charge in [-0.1, -0.05) is 23.7 Å². The summed E-state index contributed by atoms with van der Waals surface area (Å²) in [5, 5.41) is 11.4. The molecule has 1 aliphatic heterocycles. The van der Waals surface area contributed by atoms with Gasteiger partial charge in [0, 0.05) is 17.9 Å². The summed E-state index contributed by atoms with van der Waals surface area (Å²) in [6, 6.07) is 7.47. The molecule has 3 rings (SSSR count). The first-order valence-electron chi connectivity index (χ1n) is 6.38. The monoisotopic (exact) mass is 268 g/mol. The maximum Gasteiger partial charge on any atom is 0.168 e. The van der Waals surface area contributed by atoms with Crippen molar-refractivity contribution in [2.24, 2.45) is 0 Å². The number of rotatable bonds is 1. The lowest BCUT2D eigenvalue weighted by molar-refractivity contribution is -0.204. The van der Waals surface area contributed by atoms with Gasteiger partial charge in [-0.25, -0.2) is 0 Å². The van der Waals surface area contributed by atoms with E-state index in [1.165, 1.54) is 0 Å². The highest BCUT2D eigenvalue weighted by molar-refractivity contribution is 6.30. The van der Waals surface area contributed by atoms with Gasteiger partial charge in [-0.05, 0) is 30.5 Å². The van der Waals surface area contributed by atoms with Crippen molar-refractivity contribution < 1.29 is 14.6 Å². The third kappa shape index (κ3) is 2.16. The van der Waals surface area contributed by atoms with Crippen LogP contribution in [0.4, 0.5) is 0 Å². The molecule has 1 spiro atoms. The zero-order valence-electron chi connectivity index (χ0n) is 10.2. The fourth-order valence-electron chi connectivity index (χ4n) is 2.90. The second kappa shape index (κ2) is 4.49. The highest BCUT2D eigenvalue weighted by Gasteiger charge is 2.46. The third-order valence-corrected chi connectivity index (χ3v) is 4.25. The van der Waals surface area contributed by atoms with Crippen LogP contribution in [0.1, 0.15) is 31.2 Å². The number of aliphatic hydroxyl groups is 1.